The van der Waals surface area contributed by atoms with Crippen LogP contribution >= 0.6 is 0 Å². The summed E-state index contributed by atoms with van der Waals surface area (Å²) in [5.74, 6) is 0.563. The first-order valence-corrected chi connectivity index (χ1v) is 8.61. The number of benzene rings is 1. The number of primary amides is 1. The Morgan fingerprint density at radius 1 is 1.32 bits per heavy atom. The Kier molecular flexibility index (Phi) is 5.36. The molecule has 4 N–H and O–H groups in total. The minimum atomic E-state index is -1.22. The lowest BCUT2D eigenvalue weighted by Crippen LogP contribution is -2.50. The number of aryl methyl sites for hydroxylation is 2. The van der Waals surface area contributed by atoms with Crippen molar-refractivity contribution in [1.82, 2.24) is 10.3 Å². The number of nitrogens with one attached hydrogen (secondary N) is 1. The van der Waals surface area contributed by atoms with Gasteiger partial charge in [-0.15, -0.1) is 0 Å². The number of amides is 2. The molecule has 28 heavy (non-hydrogen) atoms. The molecule has 148 valence electrons. The summed E-state index contributed by atoms with van der Waals surface area (Å²) >= 11 is 0. The zero-order chi connectivity index (χ0) is 20.4. The summed E-state index contributed by atoms with van der Waals surface area (Å²) in [6.45, 7) is 4.92. The van der Waals surface area contributed by atoms with Gasteiger partial charge in [0.2, 0.25) is 5.91 Å². The van der Waals surface area contributed by atoms with E-state index in [0.29, 0.717) is 34.1 Å². The van der Waals surface area contributed by atoms with E-state index in [0.717, 1.165) is 0 Å². The number of nitrogens with zero attached hydrogens (tertiary/aromatic N) is 1. The Balaban J connectivity index is 1.86. The van der Waals surface area contributed by atoms with Crippen molar-refractivity contribution < 1.29 is 28.3 Å². The normalized spacial score (nSPS) is 13.3. The van der Waals surface area contributed by atoms with Gasteiger partial charge in [-0.3, -0.25) is 9.59 Å². The van der Waals surface area contributed by atoms with Crippen molar-refractivity contribution in [2.45, 2.75) is 39.5 Å². The largest absolute Gasteiger partial charge is 0.486 e. The fourth-order valence-electron chi connectivity index (χ4n) is 2.84. The molecular formula is C19H21N3O6. The second-order valence-electron chi connectivity index (χ2n) is 6.42. The molecule has 3 rings (SSSR count). The molecule has 2 atom stereocenters. The van der Waals surface area contributed by atoms with Crippen molar-refractivity contribution in [1.29, 1.82) is 0 Å². The summed E-state index contributed by atoms with van der Waals surface area (Å²) in [5, 5.41) is 12.6. The number of oxazole rings is 1. The van der Waals surface area contributed by atoms with Gasteiger partial charge < -0.3 is 29.7 Å². The third-order valence-corrected chi connectivity index (χ3v) is 4.19. The maximum atomic E-state index is 12.7. The number of aliphatic hydroxyl groups is 1. The fourth-order valence-corrected chi connectivity index (χ4v) is 2.84. The van der Waals surface area contributed by atoms with Crippen molar-refractivity contribution in [3.8, 4) is 5.75 Å². The second kappa shape index (κ2) is 7.73. The van der Waals surface area contributed by atoms with Gasteiger partial charge in [0.15, 0.2) is 11.7 Å². The second-order valence-corrected chi connectivity index (χ2v) is 6.42. The summed E-state index contributed by atoms with van der Waals surface area (Å²) in [5.41, 5.74) is 5.96. The number of furan rings is 1. The van der Waals surface area contributed by atoms with Gasteiger partial charge in [-0.2, -0.15) is 0 Å². The van der Waals surface area contributed by atoms with Crippen LogP contribution in [0.2, 0.25) is 0 Å². The number of aliphatic hydroxyl groups excluding tert-OH is 1. The van der Waals surface area contributed by atoms with Crippen LogP contribution in [0.15, 0.2) is 33.2 Å². The van der Waals surface area contributed by atoms with E-state index >= 15 is 0 Å². The standard InChI is InChI=1S/C19H21N3O6/c1-9(23)17(18(20)24)22-19(25)16-10(2)27-15-5-4-12(6-14(15)16)26-8-13-7-21-11(3)28-13/h4-7,9,17,23H,8H2,1-3H3,(H2,20,24)(H,22,25)/t9-,17+/m1/s1. The summed E-state index contributed by atoms with van der Waals surface area (Å²) in [4.78, 5) is 28.2. The number of hydrogen-bond acceptors (Lipinski definition) is 7. The highest BCUT2D eigenvalue weighted by molar-refractivity contribution is 6.08. The minimum absolute atomic E-state index is 0.177. The number of carbonyl (C=O) groups is 2. The number of carbonyl (C=O) groups excluding carboxylic acids is 2. The van der Waals surface area contributed by atoms with Gasteiger partial charge in [-0.1, -0.05) is 0 Å². The lowest BCUT2D eigenvalue weighted by molar-refractivity contribution is -0.122. The highest BCUT2D eigenvalue weighted by Gasteiger charge is 2.27. The SMILES string of the molecule is Cc1ncc(COc2ccc3oc(C)c(C(=O)N[C@H](C(N)=O)[C@@H](C)O)c3c2)o1. The molecule has 0 saturated heterocycles. The maximum Gasteiger partial charge on any atom is 0.256 e. The predicted molar refractivity (Wildman–Crippen MR) is 98.7 cm³/mol. The lowest BCUT2D eigenvalue weighted by atomic mass is 10.1. The topological polar surface area (TPSA) is 141 Å². The smallest absolute Gasteiger partial charge is 0.256 e. The first kappa shape index (κ1) is 19.4. The van der Waals surface area contributed by atoms with Crippen LogP contribution in [0.5, 0.6) is 5.75 Å². The first-order chi connectivity index (χ1) is 13.3. The Labute approximate surface area is 160 Å². The third kappa shape index (κ3) is 3.99. The lowest BCUT2D eigenvalue weighted by Gasteiger charge is -2.17. The summed E-state index contributed by atoms with van der Waals surface area (Å²) < 4.78 is 16.7. The average Bonchev–Trinajstić information content (AvgIpc) is 3.18. The van der Waals surface area contributed by atoms with E-state index in [1.54, 1.807) is 38.2 Å². The molecule has 9 nitrogen and oxygen atoms in total. The van der Waals surface area contributed by atoms with E-state index < -0.39 is 24.0 Å². The number of rotatable bonds is 7. The fraction of sp³-hybridized carbons (Fsp3) is 0.316. The van der Waals surface area contributed by atoms with Crippen LogP contribution in [0.4, 0.5) is 0 Å². The van der Waals surface area contributed by atoms with E-state index in [-0.39, 0.29) is 12.2 Å². The number of hydrogen-bond donors (Lipinski definition) is 3. The Morgan fingerprint density at radius 2 is 2.07 bits per heavy atom. The van der Waals surface area contributed by atoms with Crippen LogP contribution in [-0.4, -0.2) is 34.1 Å². The van der Waals surface area contributed by atoms with Crippen molar-refractivity contribution in [3.05, 3.63) is 47.4 Å². The molecule has 2 aromatic heterocycles. The van der Waals surface area contributed by atoms with Crippen molar-refractivity contribution >= 4 is 22.8 Å². The molecule has 0 aliphatic rings. The maximum absolute atomic E-state index is 12.7. The summed E-state index contributed by atoms with van der Waals surface area (Å²) in [7, 11) is 0. The molecule has 0 aliphatic carbocycles. The van der Waals surface area contributed by atoms with E-state index in [4.69, 9.17) is 19.3 Å². The number of fused-ring (bicyclic) bond motifs is 1. The van der Waals surface area contributed by atoms with Gasteiger partial charge in [0, 0.05) is 12.3 Å². The Bertz CT molecular complexity index is 1020. The van der Waals surface area contributed by atoms with Gasteiger partial charge in [0.1, 0.15) is 29.7 Å². The van der Waals surface area contributed by atoms with Crippen LogP contribution in [-0.2, 0) is 11.4 Å². The zero-order valence-electron chi connectivity index (χ0n) is 15.7. The number of aromatic nitrogens is 1. The van der Waals surface area contributed by atoms with E-state index in [1.807, 2.05) is 0 Å². The molecule has 0 bridgehead atoms. The molecule has 0 saturated carbocycles. The molecule has 0 spiro atoms. The molecule has 0 aliphatic heterocycles. The highest BCUT2D eigenvalue weighted by Crippen LogP contribution is 2.29. The highest BCUT2D eigenvalue weighted by atomic mass is 16.5. The Morgan fingerprint density at radius 3 is 2.68 bits per heavy atom. The van der Waals surface area contributed by atoms with E-state index in [1.165, 1.54) is 6.92 Å². The zero-order valence-corrected chi connectivity index (χ0v) is 15.7. The Hall–Kier alpha value is -3.33. The van der Waals surface area contributed by atoms with Crippen molar-refractivity contribution in [2.24, 2.45) is 5.73 Å². The quantitative estimate of drug-likeness (QED) is 0.559. The van der Waals surface area contributed by atoms with Crippen LogP contribution in [0.1, 0.15) is 34.7 Å². The molecule has 3 aromatic rings. The molecule has 0 fully saturated rings. The first-order valence-electron chi connectivity index (χ1n) is 8.61. The average molecular weight is 387 g/mol. The number of nitrogens with two attached hydrogens (primary N) is 1. The van der Waals surface area contributed by atoms with E-state index in [9.17, 15) is 14.7 Å². The summed E-state index contributed by atoms with van der Waals surface area (Å²) in [6.07, 6.45) is 0.443. The van der Waals surface area contributed by atoms with Gasteiger partial charge in [0.25, 0.3) is 5.91 Å². The van der Waals surface area contributed by atoms with Gasteiger partial charge in [-0.05, 0) is 32.0 Å². The molecule has 9 heteroatoms. The van der Waals surface area contributed by atoms with Gasteiger partial charge >= 0.3 is 0 Å². The van der Waals surface area contributed by atoms with Crippen LogP contribution in [0.25, 0.3) is 11.0 Å². The predicted octanol–water partition coefficient (Wildman–Crippen LogP) is 1.58. The van der Waals surface area contributed by atoms with Crippen LogP contribution in [0.3, 0.4) is 0 Å². The summed E-state index contributed by atoms with van der Waals surface area (Å²) in [6, 6.07) is 3.83. The number of ether oxygens (including phenoxy) is 1. The van der Waals surface area contributed by atoms with E-state index in [2.05, 4.69) is 10.3 Å². The molecule has 1 aromatic carbocycles. The molecular weight excluding hydrogens is 366 g/mol. The van der Waals surface area contributed by atoms with Gasteiger partial charge in [-0.25, -0.2) is 4.98 Å². The third-order valence-electron chi connectivity index (χ3n) is 4.19. The van der Waals surface area contributed by atoms with Crippen molar-refractivity contribution in [3.63, 3.8) is 0 Å². The minimum Gasteiger partial charge on any atom is -0.486 e. The van der Waals surface area contributed by atoms with Crippen LogP contribution in [0, 0.1) is 13.8 Å². The van der Waals surface area contributed by atoms with Gasteiger partial charge in [0.05, 0.1) is 17.9 Å². The van der Waals surface area contributed by atoms with Crippen molar-refractivity contribution in [2.75, 3.05) is 0 Å². The molecule has 2 amide bonds. The van der Waals surface area contributed by atoms with Crippen LogP contribution < -0.4 is 15.8 Å². The molecule has 2 heterocycles. The molecule has 0 unspecified atom stereocenters. The molecule has 0 radical (unpaired) electrons. The monoisotopic (exact) mass is 387 g/mol.